The number of anilines is 1. The molecule has 0 aliphatic heterocycles. The Morgan fingerprint density at radius 3 is 3.00 bits per heavy atom. The summed E-state index contributed by atoms with van der Waals surface area (Å²) < 4.78 is 6.90. The van der Waals surface area contributed by atoms with Crippen LogP contribution in [-0.4, -0.2) is 20.7 Å². The summed E-state index contributed by atoms with van der Waals surface area (Å²) in [6, 6.07) is 3.54. The van der Waals surface area contributed by atoms with E-state index >= 15 is 0 Å². The predicted octanol–water partition coefficient (Wildman–Crippen LogP) is 2.70. The second kappa shape index (κ2) is 4.93. The maximum absolute atomic E-state index is 12.3. The van der Waals surface area contributed by atoms with Crippen molar-refractivity contribution in [3.05, 3.63) is 41.4 Å². The number of nitrogens with one attached hydrogen (secondary N) is 1. The molecule has 3 aromatic rings. The molecule has 20 heavy (non-hydrogen) atoms. The number of nitrogens with zero attached hydrogens (tertiary/aromatic N) is 3. The molecule has 7 heteroatoms. The minimum Gasteiger partial charge on any atom is -0.463 e. The van der Waals surface area contributed by atoms with Crippen LogP contribution < -0.4 is 5.32 Å². The Morgan fingerprint density at radius 2 is 2.35 bits per heavy atom. The van der Waals surface area contributed by atoms with E-state index in [9.17, 15) is 4.79 Å². The van der Waals surface area contributed by atoms with Gasteiger partial charge in [-0.05, 0) is 19.1 Å². The van der Waals surface area contributed by atoms with Crippen molar-refractivity contribution in [2.75, 3.05) is 5.32 Å². The Balaban J connectivity index is 1.92. The van der Waals surface area contributed by atoms with Gasteiger partial charge in [0.1, 0.15) is 10.7 Å². The zero-order valence-electron chi connectivity index (χ0n) is 11.0. The fourth-order valence-corrected chi connectivity index (χ4v) is 2.52. The van der Waals surface area contributed by atoms with Gasteiger partial charge in [-0.2, -0.15) is 5.10 Å². The molecular formula is C13H12N4O2S. The van der Waals surface area contributed by atoms with E-state index < -0.39 is 0 Å². The van der Waals surface area contributed by atoms with Crippen molar-refractivity contribution in [2.45, 2.75) is 6.92 Å². The summed E-state index contributed by atoms with van der Waals surface area (Å²) in [5.74, 6) is 0.337. The second-order valence-electron chi connectivity index (χ2n) is 4.24. The minimum atomic E-state index is -0.229. The van der Waals surface area contributed by atoms with Crippen molar-refractivity contribution in [3.63, 3.8) is 0 Å². The summed E-state index contributed by atoms with van der Waals surface area (Å²) in [7, 11) is 1.76. The number of thiazole rings is 1. The van der Waals surface area contributed by atoms with Crippen molar-refractivity contribution in [1.82, 2.24) is 14.8 Å². The van der Waals surface area contributed by atoms with E-state index in [-0.39, 0.29) is 5.91 Å². The molecule has 0 bridgehead atoms. The number of carbonyl (C=O) groups is 1. The molecule has 0 unspecified atom stereocenters. The number of amides is 1. The summed E-state index contributed by atoms with van der Waals surface area (Å²) >= 11 is 1.43. The van der Waals surface area contributed by atoms with E-state index in [2.05, 4.69) is 15.4 Å². The first-order valence-electron chi connectivity index (χ1n) is 5.95. The molecule has 0 aromatic carbocycles. The molecule has 0 saturated carbocycles. The lowest BCUT2D eigenvalue weighted by Crippen LogP contribution is -2.11. The van der Waals surface area contributed by atoms with Crippen LogP contribution >= 0.6 is 11.3 Å². The zero-order chi connectivity index (χ0) is 14.1. The largest absolute Gasteiger partial charge is 0.463 e. The average Bonchev–Trinajstić information content (AvgIpc) is 3.09. The Kier molecular flexibility index (Phi) is 3.11. The topological polar surface area (TPSA) is 73.0 Å². The van der Waals surface area contributed by atoms with Gasteiger partial charge in [0.15, 0.2) is 5.76 Å². The van der Waals surface area contributed by atoms with Crippen molar-refractivity contribution in [2.24, 2.45) is 7.05 Å². The third-order valence-electron chi connectivity index (χ3n) is 2.69. The van der Waals surface area contributed by atoms with E-state index in [1.807, 2.05) is 6.92 Å². The van der Waals surface area contributed by atoms with E-state index in [0.29, 0.717) is 22.0 Å². The monoisotopic (exact) mass is 288 g/mol. The average molecular weight is 288 g/mol. The third-order valence-corrected chi connectivity index (χ3v) is 3.51. The number of hydrogen-bond acceptors (Lipinski definition) is 5. The van der Waals surface area contributed by atoms with Crippen LogP contribution in [0.4, 0.5) is 5.00 Å². The van der Waals surface area contributed by atoms with E-state index in [0.717, 1.165) is 5.01 Å². The molecule has 3 aromatic heterocycles. The first-order chi connectivity index (χ1) is 9.63. The number of aryl methyl sites for hydroxylation is 2. The SMILES string of the molecule is Cc1ncc(NC(=O)c2cn(C)nc2-c2ccco2)s1. The first-order valence-corrected chi connectivity index (χ1v) is 6.76. The molecule has 1 amide bonds. The van der Waals surface area contributed by atoms with Gasteiger partial charge in [0.2, 0.25) is 0 Å². The van der Waals surface area contributed by atoms with Gasteiger partial charge in [-0.3, -0.25) is 9.48 Å². The standard InChI is InChI=1S/C13H12N4O2S/c1-8-14-6-11(20-8)15-13(18)9-7-17(2)16-12(9)10-4-3-5-19-10/h3-7H,1-2H3,(H,15,18). The van der Waals surface area contributed by atoms with Crippen LogP contribution in [0, 0.1) is 6.92 Å². The van der Waals surface area contributed by atoms with E-state index in [4.69, 9.17) is 4.42 Å². The Morgan fingerprint density at radius 1 is 1.50 bits per heavy atom. The summed E-state index contributed by atoms with van der Waals surface area (Å²) in [6.07, 6.45) is 4.86. The van der Waals surface area contributed by atoms with Gasteiger partial charge in [0.25, 0.3) is 5.91 Å². The normalized spacial score (nSPS) is 10.7. The van der Waals surface area contributed by atoms with Gasteiger partial charge in [0.05, 0.1) is 23.0 Å². The highest BCUT2D eigenvalue weighted by atomic mass is 32.1. The lowest BCUT2D eigenvalue weighted by atomic mass is 10.2. The minimum absolute atomic E-state index is 0.229. The molecule has 0 radical (unpaired) electrons. The number of carbonyl (C=O) groups excluding carboxylic acids is 1. The number of furan rings is 1. The summed E-state index contributed by atoms with van der Waals surface area (Å²) in [5, 5.41) is 8.70. The smallest absolute Gasteiger partial charge is 0.260 e. The maximum Gasteiger partial charge on any atom is 0.260 e. The fraction of sp³-hybridized carbons (Fsp3) is 0.154. The van der Waals surface area contributed by atoms with Crippen LogP contribution in [-0.2, 0) is 7.05 Å². The third kappa shape index (κ3) is 2.35. The van der Waals surface area contributed by atoms with Crippen LogP contribution in [0.15, 0.2) is 35.2 Å². The second-order valence-corrected chi connectivity index (χ2v) is 5.47. The number of aromatic nitrogens is 3. The maximum atomic E-state index is 12.3. The number of rotatable bonds is 3. The zero-order valence-corrected chi connectivity index (χ0v) is 11.8. The van der Waals surface area contributed by atoms with Crippen LogP contribution in [0.5, 0.6) is 0 Å². The first kappa shape index (κ1) is 12.6. The van der Waals surface area contributed by atoms with E-state index in [1.165, 1.54) is 11.3 Å². The quantitative estimate of drug-likeness (QED) is 0.804. The van der Waals surface area contributed by atoms with Gasteiger partial charge in [-0.25, -0.2) is 4.98 Å². The molecule has 0 aliphatic rings. The molecule has 0 saturated heterocycles. The molecule has 6 nitrogen and oxygen atoms in total. The van der Waals surface area contributed by atoms with Gasteiger partial charge in [-0.1, -0.05) is 0 Å². The van der Waals surface area contributed by atoms with Crippen LogP contribution in [0.3, 0.4) is 0 Å². The van der Waals surface area contributed by atoms with E-state index in [1.54, 1.807) is 42.5 Å². The van der Waals surface area contributed by atoms with Gasteiger partial charge in [-0.15, -0.1) is 11.3 Å². The van der Waals surface area contributed by atoms with Crippen LogP contribution in [0.1, 0.15) is 15.4 Å². The van der Waals surface area contributed by atoms with Gasteiger partial charge >= 0.3 is 0 Å². The van der Waals surface area contributed by atoms with Crippen molar-refractivity contribution < 1.29 is 9.21 Å². The molecule has 102 valence electrons. The predicted molar refractivity (Wildman–Crippen MR) is 75.7 cm³/mol. The molecular weight excluding hydrogens is 276 g/mol. The summed E-state index contributed by atoms with van der Waals surface area (Å²) in [4.78, 5) is 16.4. The Labute approximate surface area is 119 Å². The summed E-state index contributed by atoms with van der Waals surface area (Å²) in [5.41, 5.74) is 0.991. The Hall–Kier alpha value is -2.41. The molecule has 1 N–H and O–H groups in total. The molecule has 3 rings (SSSR count). The Bertz CT molecular complexity index is 742. The van der Waals surface area contributed by atoms with Crippen molar-refractivity contribution >= 4 is 22.2 Å². The molecule has 0 aliphatic carbocycles. The highest BCUT2D eigenvalue weighted by Gasteiger charge is 2.19. The molecule has 3 heterocycles. The lowest BCUT2D eigenvalue weighted by Gasteiger charge is -2.00. The highest BCUT2D eigenvalue weighted by Crippen LogP contribution is 2.24. The van der Waals surface area contributed by atoms with Crippen molar-refractivity contribution in [1.29, 1.82) is 0 Å². The lowest BCUT2D eigenvalue weighted by molar-refractivity contribution is 0.102. The molecule has 0 fully saturated rings. The van der Waals surface area contributed by atoms with Gasteiger partial charge in [0, 0.05) is 13.2 Å². The fourth-order valence-electron chi connectivity index (χ4n) is 1.85. The summed E-state index contributed by atoms with van der Waals surface area (Å²) in [6.45, 7) is 1.89. The van der Waals surface area contributed by atoms with Gasteiger partial charge < -0.3 is 9.73 Å². The molecule has 0 spiro atoms. The highest BCUT2D eigenvalue weighted by molar-refractivity contribution is 7.15. The van der Waals surface area contributed by atoms with Crippen LogP contribution in [0.25, 0.3) is 11.5 Å². The van der Waals surface area contributed by atoms with Crippen molar-refractivity contribution in [3.8, 4) is 11.5 Å². The molecule has 0 atom stereocenters. The number of hydrogen-bond donors (Lipinski definition) is 1. The van der Waals surface area contributed by atoms with Crippen LogP contribution in [0.2, 0.25) is 0 Å².